The van der Waals surface area contributed by atoms with Crippen LogP contribution in [0, 0.1) is 5.92 Å². The van der Waals surface area contributed by atoms with Gasteiger partial charge in [0, 0.05) is 31.8 Å². The number of rotatable bonds is 10. The van der Waals surface area contributed by atoms with Gasteiger partial charge in [0.15, 0.2) is 0 Å². The fourth-order valence-corrected chi connectivity index (χ4v) is 4.57. The van der Waals surface area contributed by atoms with E-state index in [4.69, 9.17) is 14.5 Å². The maximum atomic E-state index is 11.9. The number of fused-ring (bicyclic) bond motifs is 1. The van der Waals surface area contributed by atoms with E-state index in [1.165, 1.54) is 12.0 Å². The number of hydrogen-bond acceptors (Lipinski definition) is 7. The molecule has 1 saturated heterocycles. The second kappa shape index (κ2) is 11.0. The summed E-state index contributed by atoms with van der Waals surface area (Å²) in [5.41, 5.74) is 2.45. The average Bonchev–Trinajstić information content (AvgIpc) is 3.26. The zero-order chi connectivity index (χ0) is 22.3. The molecular weight excluding hydrogens is 412 g/mol. The Morgan fingerprint density at radius 2 is 2.12 bits per heavy atom. The van der Waals surface area contributed by atoms with Crippen LogP contribution in [-0.4, -0.2) is 66.6 Å². The van der Waals surface area contributed by atoms with E-state index in [1.807, 2.05) is 0 Å². The first-order chi connectivity index (χ1) is 15.6. The number of hydrogen-bond donors (Lipinski definition) is 4. The van der Waals surface area contributed by atoms with E-state index >= 15 is 0 Å². The summed E-state index contributed by atoms with van der Waals surface area (Å²) in [4.78, 5) is 28.1. The molecule has 1 aromatic heterocycles. The van der Waals surface area contributed by atoms with Gasteiger partial charge in [-0.1, -0.05) is 6.07 Å². The quantitative estimate of drug-likeness (QED) is 0.431. The summed E-state index contributed by atoms with van der Waals surface area (Å²) in [6, 6.07) is 3.34. The van der Waals surface area contributed by atoms with Gasteiger partial charge in [-0.05, 0) is 69.0 Å². The topological polar surface area (TPSA) is 122 Å². The number of pyridine rings is 1. The molecule has 0 aromatic carbocycles. The normalized spacial score (nSPS) is 25.2. The number of anilines is 1. The summed E-state index contributed by atoms with van der Waals surface area (Å²) in [6.07, 6.45) is 6.58. The number of nitrogens with one attached hydrogen (secondary N) is 3. The lowest BCUT2D eigenvalue weighted by Crippen LogP contribution is -2.43. The number of carboxylic acids is 1. The van der Waals surface area contributed by atoms with Crippen molar-refractivity contribution in [2.24, 2.45) is 5.92 Å². The van der Waals surface area contributed by atoms with Crippen LogP contribution in [0.15, 0.2) is 12.1 Å². The SMILES string of the molecule is O=C(N[C@@H](CCO[C@H]1C[C@H](CCc2ccc3c(n2)NCCC3)C1)C(=O)O)O[C@H]1CCNC1. The minimum absolute atomic E-state index is 0.170. The first kappa shape index (κ1) is 22.8. The van der Waals surface area contributed by atoms with Gasteiger partial charge in [0.1, 0.15) is 18.0 Å². The van der Waals surface area contributed by atoms with Gasteiger partial charge in [0.25, 0.3) is 0 Å². The molecule has 4 N–H and O–H groups in total. The van der Waals surface area contributed by atoms with Crippen molar-refractivity contribution in [3.63, 3.8) is 0 Å². The summed E-state index contributed by atoms with van der Waals surface area (Å²) < 4.78 is 11.1. The Bertz CT molecular complexity index is 793. The second-order valence-corrected chi connectivity index (χ2v) is 9.05. The molecule has 3 heterocycles. The Balaban J connectivity index is 1.10. The second-order valence-electron chi connectivity index (χ2n) is 9.05. The monoisotopic (exact) mass is 446 g/mol. The number of ether oxygens (including phenoxy) is 2. The molecule has 0 bridgehead atoms. The predicted molar refractivity (Wildman–Crippen MR) is 119 cm³/mol. The van der Waals surface area contributed by atoms with Gasteiger partial charge >= 0.3 is 12.1 Å². The summed E-state index contributed by atoms with van der Waals surface area (Å²) in [7, 11) is 0. The maximum Gasteiger partial charge on any atom is 0.408 e. The molecule has 1 aliphatic carbocycles. The van der Waals surface area contributed by atoms with Crippen molar-refractivity contribution < 1.29 is 24.2 Å². The van der Waals surface area contributed by atoms with Crippen molar-refractivity contribution in [3.8, 4) is 0 Å². The zero-order valence-corrected chi connectivity index (χ0v) is 18.5. The first-order valence-electron chi connectivity index (χ1n) is 11.8. The predicted octanol–water partition coefficient (Wildman–Crippen LogP) is 2.10. The van der Waals surface area contributed by atoms with Crippen LogP contribution in [0.3, 0.4) is 0 Å². The Hall–Kier alpha value is -2.39. The molecule has 0 unspecified atom stereocenters. The van der Waals surface area contributed by atoms with E-state index in [2.05, 4.69) is 28.1 Å². The molecule has 0 spiro atoms. The highest BCUT2D eigenvalue weighted by atomic mass is 16.6. The van der Waals surface area contributed by atoms with Crippen LogP contribution in [0.5, 0.6) is 0 Å². The Kier molecular flexibility index (Phi) is 7.81. The van der Waals surface area contributed by atoms with Gasteiger partial charge in [0.05, 0.1) is 6.10 Å². The number of aryl methyl sites for hydroxylation is 2. The van der Waals surface area contributed by atoms with Gasteiger partial charge in [-0.3, -0.25) is 0 Å². The third kappa shape index (κ3) is 6.32. The van der Waals surface area contributed by atoms with Gasteiger partial charge in [-0.2, -0.15) is 0 Å². The summed E-state index contributed by atoms with van der Waals surface area (Å²) in [6.45, 7) is 2.72. The molecular formula is C23H34N4O5. The van der Waals surface area contributed by atoms with E-state index in [0.29, 0.717) is 19.1 Å². The molecule has 1 saturated carbocycles. The number of alkyl carbamates (subject to hydrolysis) is 1. The molecule has 3 aliphatic rings. The standard InChI is InChI=1S/C23H34N4O5/c28-22(29)20(27-23(30)32-18-7-10-24-14-18)8-11-31-19-12-15(13-19)3-5-17-6-4-16-2-1-9-25-21(16)26-17/h4,6,15,18-20,24H,1-3,5,7-14H2,(H,25,26)(H,27,30)(H,28,29)/t15-,18-,19-,20-/m0/s1. The third-order valence-corrected chi connectivity index (χ3v) is 6.59. The Morgan fingerprint density at radius 1 is 1.25 bits per heavy atom. The highest BCUT2D eigenvalue weighted by Crippen LogP contribution is 2.34. The molecule has 1 amide bonds. The van der Waals surface area contributed by atoms with E-state index in [0.717, 1.165) is 63.1 Å². The number of amides is 1. The number of carbonyl (C=O) groups is 2. The largest absolute Gasteiger partial charge is 0.480 e. The minimum atomic E-state index is -1.08. The van der Waals surface area contributed by atoms with Crippen molar-refractivity contribution in [2.75, 3.05) is 31.6 Å². The van der Waals surface area contributed by atoms with E-state index < -0.39 is 18.1 Å². The zero-order valence-electron chi connectivity index (χ0n) is 18.5. The van der Waals surface area contributed by atoms with Gasteiger partial charge in [-0.25, -0.2) is 14.6 Å². The number of aromatic nitrogens is 1. The lowest BCUT2D eigenvalue weighted by molar-refractivity contribution is -0.140. The van der Waals surface area contributed by atoms with Crippen LogP contribution in [0.1, 0.15) is 49.8 Å². The molecule has 2 atom stereocenters. The lowest BCUT2D eigenvalue weighted by atomic mass is 9.79. The van der Waals surface area contributed by atoms with Crippen molar-refractivity contribution >= 4 is 17.9 Å². The highest BCUT2D eigenvalue weighted by molar-refractivity contribution is 5.79. The van der Waals surface area contributed by atoms with Crippen LogP contribution in [0.25, 0.3) is 0 Å². The molecule has 32 heavy (non-hydrogen) atoms. The fraction of sp³-hybridized carbons (Fsp3) is 0.696. The first-order valence-corrected chi connectivity index (χ1v) is 11.8. The minimum Gasteiger partial charge on any atom is -0.480 e. The molecule has 0 radical (unpaired) electrons. The number of nitrogens with zero attached hydrogens (tertiary/aromatic N) is 1. The summed E-state index contributed by atoms with van der Waals surface area (Å²) >= 11 is 0. The van der Waals surface area contributed by atoms with Crippen LogP contribution in [-0.2, 0) is 27.1 Å². The highest BCUT2D eigenvalue weighted by Gasteiger charge is 2.30. The molecule has 176 valence electrons. The summed E-state index contributed by atoms with van der Waals surface area (Å²) in [5, 5.41) is 18.3. The van der Waals surface area contributed by atoms with Crippen LogP contribution in [0.4, 0.5) is 10.6 Å². The van der Waals surface area contributed by atoms with Crippen molar-refractivity contribution in [3.05, 3.63) is 23.4 Å². The smallest absolute Gasteiger partial charge is 0.408 e. The third-order valence-electron chi connectivity index (χ3n) is 6.59. The Morgan fingerprint density at radius 3 is 2.91 bits per heavy atom. The Labute approximate surface area is 188 Å². The average molecular weight is 447 g/mol. The van der Waals surface area contributed by atoms with E-state index in [-0.39, 0.29) is 18.6 Å². The molecule has 2 fully saturated rings. The number of carboxylic acid groups (broad SMARTS) is 1. The summed E-state index contributed by atoms with van der Waals surface area (Å²) in [5.74, 6) is 0.594. The van der Waals surface area contributed by atoms with E-state index in [9.17, 15) is 14.7 Å². The fourth-order valence-electron chi connectivity index (χ4n) is 4.57. The van der Waals surface area contributed by atoms with E-state index in [1.54, 1.807) is 0 Å². The molecule has 1 aromatic rings. The lowest BCUT2D eigenvalue weighted by Gasteiger charge is -2.35. The van der Waals surface area contributed by atoms with Gasteiger partial charge in [-0.15, -0.1) is 0 Å². The van der Waals surface area contributed by atoms with Crippen molar-refractivity contribution in [1.82, 2.24) is 15.6 Å². The van der Waals surface area contributed by atoms with Crippen LogP contribution >= 0.6 is 0 Å². The van der Waals surface area contributed by atoms with Gasteiger partial charge < -0.3 is 30.5 Å². The molecule has 9 heteroatoms. The van der Waals surface area contributed by atoms with Crippen LogP contribution in [0.2, 0.25) is 0 Å². The van der Waals surface area contributed by atoms with Crippen LogP contribution < -0.4 is 16.0 Å². The van der Waals surface area contributed by atoms with Crippen molar-refractivity contribution in [1.29, 1.82) is 0 Å². The number of aliphatic carboxylic acids is 1. The molecule has 4 rings (SSSR count). The maximum absolute atomic E-state index is 11.9. The van der Waals surface area contributed by atoms with Gasteiger partial charge in [0.2, 0.25) is 0 Å². The van der Waals surface area contributed by atoms with Crippen molar-refractivity contribution in [2.45, 2.75) is 69.6 Å². The molecule has 2 aliphatic heterocycles. The molecule has 9 nitrogen and oxygen atoms in total. The number of carbonyl (C=O) groups excluding carboxylic acids is 1.